The average Bonchev–Trinajstić information content (AvgIpc) is 2.29. The van der Waals surface area contributed by atoms with Gasteiger partial charge in [0, 0.05) is 18.2 Å². The van der Waals surface area contributed by atoms with Crippen molar-refractivity contribution in [1.82, 2.24) is 5.32 Å². The minimum absolute atomic E-state index is 0.170. The van der Waals surface area contributed by atoms with Gasteiger partial charge in [0.1, 0.15) is 11.9 Å². The predicted molar refractivity (Wildman–Crippen MR) is 74.4 cm³/mol. The van der Waals surface area contributed by atoms with Crippen molar-refractivity contribution in [3.05, 3.63) is 35.9 Å². The van der Waals surface area contributed by atoms with E-state index >= 15 is 0 Å². The van der Waals surface area contributed by atoms with Crippen LogP contribution in [0.5, 0.6) is 5.75 Å². The fourth-order valence-electron chi connectivity index (χ4n) is 1.57. The zero-order valence-electron chi connectivity index (χ0n) is 11.2. The van der Waals surface area contributed by atoms with Crippen molar-refractivity contribution < 1.29 is 4.74 Å². The summed E-state index contributed by atoms with van der Waals surface area (Å²) in [6, 6.07) is 8.61. The topological polar surface area (TPSA) is 21.3 Å². The smallest absolute Gasteiger partial charge is 0.126 e. The fourth-order valence-corrected chi connectivity index (χ4v) is 1.57. The summed E-state index contributed by atoms with van der Waals surface area (Å²) in [5, 5.41) is 3.37. The highest BCUT2D eigenvalue weighted by Gasteiger charge is 2.06. The van der Waals surface area contributed by atoms with Gasteiger partial charge in [-0.25, -0.2) is 0 Å². The van der Waals surface area contributed by atoms with E-state index in [-0.39, 0.29) is 6.10 Å². The average molecular weight is 233 g/mol. The molecule has 0 amide bonds. The maximum atomic E-state index is 5.93. The number of hydrogen-bond donors (Lipinski definition) is 1. The Labute approximate surface area is 105 Å². The van der Waals surface area contributed by atoms with Gasteiger partial charge >= 0.3 is 0 Å². The van der Waals surface area contributed by atoms with Crippen LogP contribution < -0.4 is 10.1 Å². The molecule has 0 aromatic heterocycles. The summed E-state index contributed by atoms with van der Waals surface area (Å²) in [5.74, 6) is 0.948. The Morgan fingerprint density at radius 1 is 1.24 bits per heavy atom. The molecule has 1 aromatic carbocycles. The minimum atomic E-state index is 0.170. The maximum absolute atomic E-state index is 5.93. The van der Waals surface area contributed by atoms with E-state index in [9.17, 15) is 0 Å². The molecule has 1 atom stereocenters. The summed E-state index contributed by atoms with van der Waals surface area (Å²) in [5.41, 5.74) is 1.13. The van der Waals surface area contributed by atoms with Crippen LogP contribution in [0.1, 0.15) is 33.3 Å². The second-order valence-electron chi connectivity index (χ2n) is 4.53. The quantitative estimate of drug-likeness (QED) is 0.812. The first kappa shape index (κ1) is 13.8. The van der Waals surface area contributed by atoms with Crippen molar-refractivity contribution in [2.24, 2.45) is 0 Å². The van der Waals surface area contributed by atoms with Gasteiger partial charge in [-0.15, -0.1) is 0 Å². The predicted octanol–water partition coefficient (Wildman–Crippen LogP) is 3.49. The molecule has 0 fully saturated rings. The molecule has 0 aliphatic rings. The van der Waals surface area contributed by atoms with E-state index in [1.54, 1.807) is 0 Å². The Morgan fingerprint density at radius 3 is 2.59 bits per heavy atom. The Balaban J connectivity index is 2.61. The van der Waals surface area contributed by atoms with Gasteiger partial charge in [-0.05, 0) is 19.9 Å². The number of para-hydroxylation sites is 1. The van der Waals surface area contributed by atoms with E-state index in [2.05, 4.69) is 38.2 Å². The van der Waals surface area contributed by atoms with Gasteiger partial charge in [0.15, 0.2) is 0 Å². The van der Waals surface area contributed by atoms with Crippen molar-refractivity contribution in [3.63, 3.8) is 0 Å². The summed E-state index contributed by atoms with van der Waals surface area (Å²) < 4.78 is 5.93. The standard InChI is InChI=1S/C15H23NO/c1-5-8-14-9-6-7-10-15(14)17-13(4)11-16-12(2)3/h5-10,12-13,16H,11H2,1-4H3. The number of benzene rings is 1. The van der Waals surface area contributed by atoms with Crippen LogP contribution in [0.3, 0.4) is 0 Å². The van der Waals surface area contributed by atoms with Gasteiger partial charge in [-0.1, -0.05) is 44.2 Å². The number of allylic oxidation sites excluding steroid dienone is 1. The molecule has 1 rings (SSSR count). The van der Waals surface area contributed by atoms with Crippen LogP contribution in [0.4, 0.5) is 0 Å². The molecule has 0 radical (unpaired) electrons. The van der Waals surface area contributed by atoms with Gasteiger partial charge < -0.3 is 10.1 Å². The highest BCUT2D eigenvalue weighted by molar-refractivity contribution is 5.56. The zero-order valence-corrected chi connectivity index (χ0v) is 11.2. The van der Waals surface area contributed by atoms with Gasteiger partial charge in [0.2, 0.25) is 0 Å². The van der Waals surface area contributed by atoms with Gasteiger partial charge in [-0.3, -0.25) is 0 Å². The van der Waals surface area contributed by atoms with E-state index in [0.29, 0.717) is 6.04 Å². The van der Waals surface area contributed by atoms with Crippen LogP contribution in [0, 0.1) is 0 Å². The van der Waals surface area contributed by atoms with Gasteiger partial charge in [0.25, 0.3) is 0 Å². The fraction of sp³-hybridized carbons (Fsp3) is 0.467. The molecule has 94 valence electrons. The minimum Gasteiger partial charge on any atom is -0.489 e. The van der Waals surface area contributed by atoms with Crippen LogP contribution in [0.25, 0.3) is 6.08 Å². The molecule has 0 saturated carbocycles. The van der Waals surface area contributed by atoms with Crippen molar-refractivity contribution >= 4 is 6.08 Å². The number of ether oxygens (including phenoxy) is 1. The third-order valence-electron chi connectivity index (χ3n) is 2.41. The molecular formula is C15H23NO. The second kappa shape index (κ2) is 7.13. The van der Waals surface area contributed by atoms with Crippen molar-refractivity contribution in [3.8, 4) is 5.75 Å². The van der Waals surface area contributed by atoms with Crippen LogP contribution >= 0.6 is 0 Å². The number of hydrogen-bond acceptors (Lipinski definition) is 2. The van der Waals surface area contributed by atoms with Crippen molar-refractivity contribution in [1.29, 1.82) is 0 Å². The number of rotatable bonds is 6. The maximum Gasteiger partial charge on any atom is 0.126 e. The van der Waals surface area contributed by atoms with Crippen LogP contribution in [-0.4, -0.2) is 18.7 Å². The molecular weight excluding hydrogens is 210 g/mol. The van der Waals surface area contributed by atoms with Crippen LogP contribution in [-0.2, 0) is 0 Å². The van der Waals surface area contributed by atoms with Crippen molar-refractivity contribution in [2.45, 2.75) is 39.8 Å². The third-order valence-corrected chi connectivity index (χ3v) is 2.41. The number of nitrogens with one attached hydrogen (secondary N) is 1. The monoisotopic (exact) mass is 233 g/mol. The molecule has 0 spiro atoms. The first-order valence-electron chi connectivity index (χ1n) is 6.25. The molecule has 2 nitrogen and oxygen atoms in total. The summed E-state index contributed by atoms with van der Waals surface area (Å²) in [6.45, 7) is 9.24. The highest BCUT2D eigenvalue weighted by Crippen LogP contribution is 2.20. The molecule has 0 aliphatic carbocycles. The molecule has 0 heterocycles. The normalized spacial score (nSPS) is 13.2. The largest absolute Gasteiger partial charge is 0.489 e. The molecule has 1 unspecified atom stereocenters. The molecule has 1 aromatic rings. The molecule has 2 heteroatoms. The van der Waals surface area contributed by atoms with Crippen LogP contribution in [0.2, 0.25) is 0 Å². The second-order valence-corrected chi connectivity index (χ2v) is 4.53. The van der Waals surface area contributed by atoms with Crippen LogP contribution in [0.15, 0.2) is 30.3 Å². The molecule has 0 saturated heterocycles. The Kier molecular flexibility index (Phi) is 5.78. The van der Waals surface area contributed by atoms with E-state index < -0.39 is 0 Å². The highest BCUT2D eigenvalue weighted by atomic mass is 16.5. The summed E-state index contributed by atoms with van der Waals surface area (Å²) in [4.78, 5) is 0. The van der Waals surface area contributed by atoms with E-state index in [1.807, 2.05) is 31.2 Å². The van der Waals surface area contributed by atoms with Gasteiger partial charge in [-0.2, -0.15) is 0 Å². The zero-order chi connectivity index (χ0) is 12.7. The summed E-state index contributed by atoms with van der Waals surface area (Å²) in [6.07, 6.45) is 4.26. The van der Waals surface area contributed by atoms with E-state index in [1.165, 1.54) is 0 Å². The molecule has 0 bridgehead atoms. The Morgan fingerprint density at radius 2 is 1.94 bits per heavy atom. The lowest BCUT2D eigenvalue weighted by atomic mass is 10.2. The summed E-state index contributed by atoms with van der Waals surface area (Å²) in [7, 11) is 0. The molecule has 0 aliphatic heterocycles. The first-order chi connectivity index (χ1) is 8.13. The third kappa shape index (κ3) is 5.05. The first-order valence-corrected chi connectivity index (χ1v) is 6.25. The SMILES string of the molecule is CC=Cc1ccccc1OC(C)CNC(C)C. The van der Waals surface area contributed by atoms with Crippen molar-refractivity contribution in [2.75, 3.05) is 6.54 Å². The molecule has 1 N–H and O–H groups in total. The lowest BCUT2D eigenvalue weighted by Crippen LogP contribution is -2.33. The molecule has 17 heavy (non-hydrogen) atoms. The summed E-state index contributed by atoms with van der Waals surface area (Å²) >= 11 is 0. The van der Waals surface area contributed by atoms with E-state index in [4.69, 9.17) is 4.74 Å². The van der Waals surface area contributed by atoms with E-state index in [0.717, 1.165) is 17.9 Å². The lowest BCUT2D eigenvalue weighted by Gasteiger charge is -2.18. The Hall–Kier alpha value is -1.28. The lowest BCUT2D eigenvalue weighted by molar-refractivity contribution is 0.213. The Bertz CT molecular complexity index is 358. The van der Waals surface area contributed by atoms with Gasteiger partial charge in [0.05, 0.1) is 0 Å².